The van der Waals surface area contributed by atoms with Crippen molar-refractivity contribution in [2.75, 3.05) is 24.3 Å². The zero-order valence-electron chi connectivity index (χ0n) is 14.4. The van der Waals surface area contributed by atoms with Crippen LogP contribution < -0.4 is 20.9 Å². The van der Waals surface area contributed by atoms with Gasteiger partial charge in [-0.15, -0.1) is 0 Å². The number of ether oxygens (including phenoxy) is 2. The summed E-state index contributed by atoms with van der Waals surface area (Å²) in [4.78, 5) is 7.68. The lowest BCUT2D eigenvalue weighted by molar-refractivity contribution is 0.399. The first kappa shape index (κ1) is 18.8. The summed E-state index contributed by atoms with van der Waals surface area (Å²) in [5, 5.41) is 0. The number of nitrogens with two attached hydrogens (primary N) is 2. The Balaban J connectivity index is 2.36. The van der Waals surface area contributed by atoms with Gasteiger partial charge in [0.2, 0.25) is 5.95 Å². The second-order valence-electron chi connectivity index (χ2n) is 5.89. The Bertz CT molecular complexity index is 853. The Morgan fingerprint density at radius 2 is 1.92 bits per heavy atom. The molecule has 25 heavy (non-hydrogen) atoms. The molecule has 0 aliphatic rings. The number of aromatic nitrogens is 2. The van der Waals surface area contributed by atoms with E-state index in [9.17, 15) is 8.42 Å². The number of benzene rings is 1. The van der Waals surface area contributed by atoms with E-state index in [-0.39, 0.29) is 45.6 Å². The van der Waals surface area contributed by atoms with Crippen molar-refractivity contribution in [1.82, 2.24) is 9.97 Å². The summed E-state index contributed by atoms with van der Waals surface area (Å²) in [7, 11) is -2.10. The molecule has 4 N–H and O–H groups in total. The molecule has 2 rings (SSSR count). The average molecular weight is 366 g/mol. The SMILES string of the molecule is COc1ccc(Oc2cnc(N)nc2N)cc1S(=O)(=O)CCC(C)C. The Kier molecular flexibility index (Phi) is 5.68. The van der Waals surface area contributed by atoms with Crippen LogP contribution in [0.5, 0.6) is 17.2 Å². The number of rotatable bonds is 7. The molecule has 0 saturated carbocycles. The maximum absolute atomic E-state index is 12.6. The fraction of sp³-hybridized carbons (Fsp3) is 0.375. The maximum Gasteiger partial charge on any atom is 0.222 e. The highest BCUT2D eigenvalue weighted by atomic mass is 32.2. The van der Waals surface area contributed by atoms with Gasteiger partial charge in [0, 0.05) is 6.07 Å². The van der Waals surface area contributed by atoms with Gasteiger partial charge < -0.3 is 20.9 Å². The van der Waals surface area contributed by atoms with Crippen molar-refractivity contribution in [2.24, 2.45) is 5.92 Å². The Morgan fingerprint density at radius 3 is 2.52 bits per heavy atom. The highest BCUT2D eigenvalue weighted by molar-refractivity contribution is 7.91. The van der Waals surface area contributed by atoms with Crippen LogP contribution >= 0.6 is 0 Å². The quantitative estimate of drug-likeness (QED) is 0.763. The Hall–Kier alpha value is -2.55. The minimum atomic E-state index is -3.52. The van der Waals surface area contributed by atoms with E-state index < -0.39 is 9.84 Å². The fourth-order valence-electron chi connectivity index (χ4n) is 2.07. The van der Waals surface area contributed by atoms with Gasteiger partial charge in [-0.2, -0.15) is 4.98 Å². The number of methoxy groups -OCH3 is 1. The molecule has 2 aromatic rings. The summed E-state index contributed by atoms with van der Waals surface area (Å²) in [6, 6.07) is 4.52. The van der Waals surface area contributed by atoms with Crippen molar-refractivity contribution in [1.29, 1.82) is 0 Å². The molecular weight excluding hydrogens is 344 g/mol. The van der Waals surface area contributed by atoms with Crippen LogP contribution in [0.4, 0.5) is 11.8 Å². The van der Waals surface area contributed by atoms with Crippen molar-refractivity contribution < 1.29 is 17.9 Å². The highest BCUT2D eigenvalue weighted by Gasteiger charge is 2.21. The minimum Gasteiger partial charge on any atom is -0.495 e. The topological polar surface area (TPSA) is 130 Å². The average Bonchev–Trinajstić information content (AvgIpc) is 2.55. The molecular formula is C16H22N4O4S. The Labute approximate surface area is 147 Å². The summed E-state index contributed by atoms with van der Waals surface area (Å²) in [5.41, 5.74) is 11.2. The van der Waals surface area contributed by atoms with Crippen molar-refractivity contribution in [3.63, 3.8) is 0 Å². The van der Waals surface area contributed by atoms with Gasteiger partial charge in [-0.1, -0.05) is 13.8 Å². The number of hydrogen-bond donors (Lipinski definition) is 2. The van der Waals surface area contributed by atoms with E-state index in [1.165, 1.54) is 25.4 Å². The molecule has 1 aromatic heterocycles. The van der Waals surface area contributed by atoms with Crippen LogP contribution in [0, 0.1) is 5.92 Å². The smallest absolute Gasteiger partial charge is 0.222 e. The van der Waals surface area contributed by atoms with E-state index in [1.54, 1.807) is 6.07 Å². The van der Waals surface area contributed by atoms with E-state index in [0.29, 0.717) is 6.42 Å². The van der Waals surface area contributed by atoms with Crippen LogP contribution in [0.3, 0.4) is 0 Å². The van der Waals surface area contributed by atoms with Gasteiger partial charge in [-0.25, -0.2) is 13.4 Å². The first-order valence-corrected chi connectivity index (χ1v) is 9.35. The zero-order chi connectivity index (χ0) is 18.6. The second-order valence-corrected chi connectivity index (χ2v) is 7.97. The van der Waals surface area contributed by atoms with Crippen molar-refractivity contribution in [2.45, 2.75) is 25.2 Å². The summed E-state index contributed by atoms with van der Waals surface area (Å²) >= 11 is 0. The van der Waals surface area contributed by atoms with Crippen molar-refractivity contribution in [3.8, 4) is 17.2 Å². The fourth-order valence-corrected chi connectivity index (χ4v) is 3.82. The molecule has 8 nitrogen and oxygen atoms in total. The van der Waals surface area contributed by atoms with Gasteiger partial charge in [0.1, 0.15) is 16.4 Å². The van der Waals surface area contributed by atoms with Gasteiger partial charge in [0.25, 0.3) is 0 Å². The third-order valence-corrected chi connectivity index (χ3v) is 5.23. The van der Waals surface area contributed by atoms with E-state index in [4.69, 9.17) is 20.9 Å². The lowest BCUT2D eigenvalue weighted by Gasteiger charge is -2.13. The molecule has 0 aliphatic heterocycles. The molecule has 9 heteroatoms. The molecule has 1 heterocycles. The van der Waals surface area contributed by atoms with Crippen molar-refractivity contribution >= 4 is 21.6 Å². The zero-order valence-corrected chi connectivity index (χ0v) is 15.2. The van der Waals surface area contributed by atoms with E-state index in [1.807, 2.05) is 13.8 Å². The number of nitrogen functional groups attached to an aromatic ring is 2. The molecule has 136 valence electrons. The van der Waals surface area contributed by atoms with Gasteiger partial charge in [0.05, 0.1) is 19.1 Å². The highest BCUT2D eigenvalue weighted by Crippen LogP contribution is 2.33. The minimum absolute atomic E-state index is 0.0246. The predicted octanol–water partition coefficient (Wildman–Crippen LogP) is 2.26. The predicted molar refractivity (Wildman–Crippen MR) is 95.4 cm³/mol. The van der Waals surface area contributed by atoms with Crippen LogP contribution in [0.25, 0.3) is 0 Å². The van der Waals surface area contributed by atoms with Crippen LogP contribution in [0.15, 0.2) is 29.3 Å². The molecule has 0 atom stereocenters. The number of sulfone groups is 1. The molecule has 0 aliphatic carbocycles. The third kappa shape index (κ3) is 4.72. The van der Waals surface area contributed by atoms with Gasteiger partial charge in [-0.05, 0) is 24.5 Å². The van der Waals surface area contributed by atoms with E-state index >= 15 is 0 Å². The van der Waals surface area contributed by atoms with Crippen LogP contribution in [0.2, 0.25) is 0 Å². The van der Waals surface area contributed by atoms with E-state index in [2.05, 4.69) is 9.97 Å². The number of anilines is 2. The summed E-state index contributed by atoms with van der Waals surface area (Å²) in [5.74, 6) is 1.11. The maximum atomic E-state index is 12.6. The molecule has 0 unspecified atom stereocenters. The Morgan fingerprint density at radius 1 is 1.20 bits per heavy atom. The molecule has 0 fully saturated rings. The normalized spacial score (nSPS) is 11.5. The molecule has 0 bridgehead atoms. The molecule has 0 radical (unpaired) electrons. The van der Waals surface area contributed by atoms with Crippen LogP contribution in [0.1, 0.15) is 20.3 Å². The lowest BCUT2D eigenvalue weighted by Crippen LogP contribution is -2.10. The van der Waals surface area contributed by atoms with Crippen molar-refractivity contribution in [3.05, 3.63) is 24.4 Å². The van der Waals surface area contributed by atoms with Gasteiger partial charge in [-0.3, -0.25) is 0 Å². The first-order valence-electron chi connectivity index (χ1n) is 7.69. The summed E-state index contributed by atoms with van der Waals surface area (Å²) in [6.45, 7) is 3.94. The monoisotopic (exact) mass is 366 g/mol. The van der Waals surface area contributed by atoms with Crippen LogP contribution in [-0.4, -0.2) is 31.2 Å². The number of nitrogens with zero attached hydrogens (tertiary/aromatic N) is 2. The largest absolute Gasteiger partial charge is 0.495 e. The standard InChI is InChI=1S/C16H22N4O4S/c1-10(2)6-7-25(21,22)14-8-11(4-5-12(14)23-3)24-13-9-19-16(18)20-15(13)17/h4-5,8-10H,6-7H2,1-3H3,(H4,17,18,19,20). The van der Waals surface area contributed by atoms with Gasteiger partial charge in [0.15, 0.2) is 21.4 Å². The molecule has 0 saturated heterocycles. The van der Waals surface area contributed by atoms with Gasteiger partial charge >= 0.3 is 0 Å². The summed E-state index contributed by atoms with van der Waals surface area (Å²) < 4.78 is 36.0. The lowest BCUT2D eigenvalue weighted by atomic mass is 10.2. The molecule has 0 spiro atoms. The number of hydrogen-bond acceptors (Lipinski definition) is 8. The van der Waals surface area contributed by atoms with E-state index in [0.717, 1.165) is 0 Å². The summed E-state index contributed by atoms with van der Waals surface area (Å²) in [6.07, 6.45) is 1.88. The first-order chi connectivity index (χ1) is 11.7. The van der Waals surface area contributed by atoms with Crippen LogP contribution in [-0.2, 0) is 9.84 Å². The molecule has 0 amide bonds. The molecule has 1 aromatic carbocycles. The second kappa shape index (κ2) is 7.56. The third-order valence-electron chi connectivity index (χ3n) is 3.46.